The third-order valence-corrected chi connectivity index (χ3v) is 3.10. The van der Waals surface area contributed by atoms with Crippen LogP contribution in [-0.2, 0) is 4.74 Å². The fourth-order valence-corrected chi connectivity index (χ4v) is 1.67. The molecule has 1 fully saturated rings. The minimum atomic E-state index is -0.347. The van der Waals surface area contributed by atoms with E-state index in [1.807, 2.05) is 12.1 Å². The zero-order valence-corrected chi connectivity index (χ0v) is 11.2. The van der Waals surface area contributed by atoms with Gasteiger partial charge < -0.3 is 14.8 Å². The van der Waals surface area contributed by atoms with E-state index in [1.165, 1.54) is 0 Å². The van der Waals surface area contributed by atoms with Gasteiger partial charge in [0.25, 0.3) is 0 Å². The van der Waals surface area contributed by atoms with Gasteiger partial charge in [-0.2, -0.15) is 0 Å². The second-order valence-corrected chi connectivity index (χ2v) is 4.87. The molecule has 1 heterocycles. The summed E-state index contributed by atoms with van der Waals surface area (Å²) in [7, 11) is 0. The number of hydrogen-bond acceptors (Lipinski definition) is 4. The molecule has 1 aromatic rings. The van der Waals surface area contributed by atoms with E-state index in [4.69, 9.17) is 9.47 Å². The summed E-state index contributed by atoms with van der Waals surface area (Å²) >= 11 is 0. The van der Waals surface area contributed by atoms with Gasteiger partial charge in [-0.25, -0.2) is 4.79 Å². The number of amides is 1. The van der Waals surface area contributed by atoms with Crippen LogP contribution in [0.1, 0.15) is 32.6 Å². The third kappa shape index (κ3) is 4.43. The maximum Gasteiger partial charge on any atom is 0.407 e. The smallest absolute Gasteiger partial charge is 0.407 e. The molecule has 0 aromatic carbocycles. The molecule has 1 saturated carbocycles. The minimum Gasteiger partial charge on any atom is -0.490 e. The van der Waals surface area contributed by atoms with E-state index in [9.17, 15) is 4.79 Å². The SMILES string of the molecule is CCCCOC(=O)NC1(COc2cccnc2)CC1. The van der Waals surface area contributed by atoms with E-state index >= 15 is 0 Å². The number of pyridine rings is 1. The van der Waals surface area contributed by atoms with Crippen LogP contribution in [0.5, 0.6) is 5.75 Å². The molecule has 5 nitrogen and oxygen atoms in total. The number of nitrogens with zero attached hydrogens (tertiary/aromatic N) is 1. The maximum absolute atomic E-state index is 11.6. The molecule has 2 rings (SSSR count). The van der Waals surface area contributed by atoms with Crippen LogP contribution in [0.25, 0.3) is 0 Å². The standard InChI is InChI=1S/C14H20N2O3/c1-2-3-9-18-13(17)16-14(6-7-14)11-19-12-5-4-8-15-10-12/h4-5,8,10H,2-3,6-7,9,11H2,1H3,(H,16,17). The average Bonchev–Trinajstić information content (AvgIpc) is 3.18. The Bertz CT molecular complexity index is 404. The highest BCUT2D eigenvalue weighted by Crippen LogP contribution is 2.35. The second kappa shape index (κ2) is 6.41. The van der Waals surface area contributed by atoms with Crippen LogP contribution < -0.4 is 10.1 Å². The first-order valence-electron chi connectivity index (χ1n) is 6.72. The number of unbranched alkanes of at least 4 members (excludes halogenated alkanes) is 1. The van der Waals surface area contributed by atoms with Crippen LogP contribution in [0.2, 0.25) is 0 Å². The molecular formula is C14H20N2O3. The van der Waals surface area contributed by atoms with Gasteiger partial charge in [0.05, 0.1) is 18.3 Å². The first kappa shape index (κ1) is 13.6. The summed E-state index contributed by atoms with van der Waals surface area (Å²) in [5.74, 6) is 0.718. The quantitative estimate of drug-likeness (QED) is 0.769. The van der Waals surface area contributed by atoms with Crippen molar-refractivity contribution in [2.24, 2.45) is 0 Å². The molecule has 0 unspecified atom stereocenters. The van der Waals surface area contributed by atoms with E-state index in [-0.39, 0.29) is 11.6 Å². The summed E-state index contributed by atoms with van der Waals surface area (Å²) in [6.07, 6.45) is 6.78. The third-order valence-electron chi connectivity index (χ3n) is 3.10. The number of alkyl carbamates (subject to hydrolysis) is 1. The monoisotopic (exact) mass is 264 g/mol. The molecule has 0 radical (unpaired) electrons. The largest absolute Gasteiger partial charge is 0.490 e. The molecular weight excluding hydrogens is 244 g/mol. The predicted molar refractivity (Wildman–Crippen MR) is 71.1 cm³/mol. The van der Waals surface area contributed by atoms with Gasteiger partial charge in [0.1, 0.15) is 12.4 Å². The Morgan fingerprint density at radius 2 is 2.37 bits per heavy atom. The first-order chi connectivity index (χ1) is 9.24. The van der Waals surface area contributed by atoms with Gasteiger partial charge in [0.2, 0.25) is 0 Å². The van der Waals surface area contributed by atoms with E-state index in [0.717, 1.165) is 31.4 Å². The number of nitrogens with one attached hydrogen (secondary N) is 1. The molecule has 19 heavy (non-hydrogen) atoms. The number of carbonyl (C=O) groups is 1. The van der Waals surface area contributed by atoms with Crippen molar-refractivity contribution in [3.63, 3.8) is 0 Å². The summed E-state index contributed by atoms with van der Waals surface area (Å²) < 4.78 is 10.7. The Hall–Kier alpha value is -1.78. The van der Waals surface area contributed by atoms with Crippen LogP contribution in [0.3, 0.4) is 0 Å². The minimum absolute atomic E-state index is 0.251. The van der Waals surface area contributed by atoms with Gasteiger partial charge in [0.15, 0.2) is 0 Å². The lowest BCUT2D eigenvalue weighted by Crippen LogP contribution is -2.41. The lowest BCUT2D eigenvalue weighted by Gasteiger charge is -2.17. The zero-order chi connectivity index (χ0) is 13.6. The van der Waals surface area contributed by atoms with Crippen LogP contribution >= 0.6 is 0 Å². The molecule has 5 heteroatoms. The van der Waals surface area contributed by atoms with Gasteiger partial charge >= 0.3 is 6.09 Å². The van der Waals surface area contributed by atoms with Gasteiger partial charge in [0, 0.05) is 6.20 Å². The van der Waals surface area contributed by atoms with Crippen LogP contribution in [0.15, 0.2) is 24.5 Å². The predicted octanol–water partition coefficient (Wildman–Crippen LogP) is 2.52. The van der Waals surface area contributed by atoms with Gasteiger partial charge in [-0.1, -0.05) is 13.3 Å². The van der Waals surface area contributed by atoms with E-state index in [1.54, 1.807) is 12.4 Å². The Morgan fingerprint density at radius 3 is 3.00 bits per heavy atom. The number of carbonyl (C=O) groups excluding carboxylic acids is 1. The van der Waals surface area contributed by atoms with Gasteiger partial charge in [-0.05, 0) is 31.4 Å². The van der Waals surface area contributed by atoms with Crippen molar-refractivity contribution in [2.75, 3.05) is 13.2 Å². The number of ether oxygens (including phenoxy) is 2. The van der Waals surface area contributed by atoms with E-state index in [2.05, 4.69) is 17.2 Å². The van der Waals surface area contributed by atoms with E-state index < -0.39 is 0 Å². The van der Waals surface area contributed by atoms with Crippen molar-refractivity contribution in [1.29, 1.82) is 0 Å². The number of hydrogen-bond donors (Lipinski definition) is 1. The normalized spacial score (nSPS) is 15.6. The van der Waals surface area contributed by atoms with E-state index in [0.29, 0.717) is 13.2 Å². The fraction of sp³-hybridized carbons (Fsp3) is 0.571. The summed E-state index contributed by atoms with van der Waals surface area (Å²) in [6, 6.07) is 3.67. The van der Waals surface area contributed by atoms with Crippen molar-refractivity contribution in [3.8, 4) is 5.75 Å². The summed E-state index contributed by atoms with van der Waals surface area (Å²) in [5, 5.41) is 2.89. The van der Waals surface area contributed by atoms with Gasteiger partial charge in [-0.3, -0.25) is 4.98 Å². The molecule has 0 bridgehead atoms. The number of rotatable bonds is 7. The molecule has 1 amide bonds. The highest BCUT2D eigenvalue weighted by Gasteiger charge is 2.45. The molecule has 104 valence electrons. The summed E-state index contributed by atoms with van der Waals surface area (Å²) in [5.41, 5.74) is -0.251. The molecule has 1 N–H and O–H groups in total. The molecule has 1 aromatic heterocycles. The van der Waals surface area contributed by atoms with Crippen LogP contribution in [-0.4, -0.2) is 29.8 Å². The molecule has 0 spiro atoms. The maximum atomic E-state index is 11.6. The zero-order valence-electron chi connectivity index (χ0n) is 11.2. The summed E-state index contributed by atoms with van der Waals surface area (Å²) in [4.78, 5) is 15.6. The average molecular weight is 264 g/mol. The lowest BCUT2D eigenvalue weighted by molar-refractivity contribution is 0.133. The molecule has 0 atom stereocenters. The number of aromatic nitrogens is 1. The van der Waals surface area contributed by atoms with Crippen molar-refractivity contribution < 1.29 is 14.3 Å². The van der Waals surface area contributed by atoms with Crippen LogP contribution in [0.4, 0.5) is 4.79 Å². The molecule has 1 aliphatic carbocycles. The molecule has 1 aliphatic rings. The first-order valence-corrected chi connectivity index (χ1v) is 6.72. The Kier molecular flexibility index (Phi) is 4.60. The Morgan fingerprint density at radius 1 is 1.53 bits per heavy atom. The Balaban J connectivity index is 1.72. The van der Waals surface area contributed by atoms with Gasteiger partial charge in [-0.15, -0.1) is 0 Å². The van der Waals surface area contributed by atoms with Crippen LogP contribution in [0, 0.1) is 0 Å². The van der Waals surface area contributed by atoms with Crippen molar-refractivity contribution in [1.82, 2.24) is 10.3 Å². The molecule has 0 aliphatic heterocycles. The lowest BCUT2D eigenvalue weighted by atomic mass is 10.3. The fourth-order valence-electron chi connectivity index (χ4n) is 1.67. The van der Waals surface area contributed by atoms with Crippen molar-refractivity contribution in [2.45, 2.75) is 38.1 Å². The second-order valence-electron chi connectivity index (χ2n) is 4.87. The van der Waals surface area contributed by atoms with Crippen molar-refractivity contribution >= 4 is 6.09 Å². The Labute approximate surface area is 113 Å². The summed E-state index contributed by atoms with van der Waals surface area (Å²) in [6.45, 7) is 2.99. The molecule has 0 saturated heterocycles. The highest BCUT2D eigenvalue weighted by atomic mass is 16.5. The highest BCUT2D eigenvalue weighted by molar-refractivity contribution is 5.69. The van der Waals surface area contributed by atoms with Crippen molar-refractivity contribution in [3.05, 3.63) is 24.5 Å². The topological polar surface area (TPSA) is 60.5 Å².